The molecule has 0 saturated carbocycles. The zero-order valence-electron chi connectivity index (χ0n) is 12.2. The van der Waals surface area contributed by atoms with Crippen molar-refractivity contribution in [2.45, 2.75) is 38.6 Å². The second-order valence-electron chi connectivity index (χ2n) is 4.76. The number of nitrogens with two attached hydrogens (primary N) is 1. The van der Waals surface area contributed by atoms with Crippen molar-refractivity contribution < 1.29 is 14.3 Å². The molecule has 0 radical (unpaired) electrons. The van der Waals surface area contributed by atoms with Gasteiger partial charge in [-0.25, -0.2) is 0 Å². The average Bonchev–Trinajstić information content (AvgIpc) is 2.49. The first-order chi connectivity index (χ1) is 9.74. The van der Waals surface area contributed by atoms with Crippen LogP contribution < -0.4 is 5.73 Å². The summed E-state index contributed by atoms with van der Waals surface area (Å²) in [5, 5.41) is 0. The Morgan fingerprint density at radius 2 is 1.95 bits per heavy atom. The molecule has 0 amide bonds. The maximum absolute atomic E-state index is 11.7. The number of hydrogen-bond donors (Lipinski definition) is 1. The van der Waals surface area contributed by atoms with Crippen molar-refractivity contribution >= 4 is 5.97 Å². The Morgan fingerprint density at radius 3 is 2.65 bits per heavy atom. The molecular formula is C16H25NO3. The number of esters is 1. The molecule has 0 aliphatic heterocycles. The van der Waals surface area contributed by atoms with Crippen LogP contribution in [0.2, 0.25) is 0 Å². The Morgan fingerprint density at radius 1 is 1.20 bits per heavy atom. The Bertz CT molecular complexity index is 367. The van der Waals surface area contributed by atoms with Crippen molar-refractivity contribution in [3.63, 3.8) is 0 Å². The van der Waals surface area contributed by atoms with Gasteiger partial charge in [0.2, 0.25) is 0 Å². The van der Waals surface area contributed by atoms with Crippen LogP contribution in [0.25, 0.3) is 0 Å². The molecule has 0 bridgehead atoms. The highest BCUT2D eigenvalue weighted by Crippen LogP contribution is 2.04. The van der Waals surface area contributed by atoms with Gasteiger partial charge in [-0.05, 0) is 24.8 Å². The van der Waals surface area contributed by atoms with Crippen LogP contribution in [0.5, 0.6) is 0 Å². The smallest absolute Gasteiger partial charge is 0.323 e. The van der Waals surface area contributed by atoms with Crippen LogP contribution in [-0.2, 0) is 20.7 Å². The van der Waals surface area contributed by atoms with Crippen LogP contribution in [0.3, 0.4) is 0 Å². The Labute approximate surface area is 121 Å². The summed E-state index contributed by atoms with van der Waals surface area (Å²) in [6.45, 7) is 3.54. The van der Waals surface area contributed by atoms with Crippen molar-refractivity contribution in [1.82, 2.24) is 0 Å². The van der Waals surface area contributed by atoms with Gasteiger partial charge in [0.25, 0.3) is 0 Å². The molecule has 0 aliphatic carbocycles. The van der Waals surface area contributed by atoms with Crippen LogP contribution in [-0.4, -0.2) is 31.8 Å². The van der Waals surface area contributed by atoms with Gasteiger partial charge in [0, 0.05) is 6.61 Å². The van der Waals surface area contributed by atoms with E-state index < -0.39 is 6.04 Å². The number of carbonyl (C=O) groups excluding carboxylic acids is 1. The number of benzene rings is 1. The van der Waals surface area contributed by atoms with Crippen LogP contribution in [0, 0.1) is 0 Å². The minimum absolute atomic E-state index is 0.279. The number of aryl methyl sites for hydroxylation is 1. The van der Waals surface area contributed by atoms with Crippen LogP contribution in [0.4, 0.5) is 0 Å². The van der Waals surface area contributed by atoms with Crippen LogP contribution in [0.1, 0.15) is 31.7 Å². The topological polar surface area (TPSA) is 61.5 Å². The third-order valence-electron chi connectivity index (χ3n) is 3.00. The second-order valence-corrected chi connectivity index (χ2v) is 4.76. The molecule has 2 N–H and O–H groups in total. The number of ether oxygens (including phenoxy) is 2. The van der Waals surface area contributed by atoms with E-state index in [9.17, 15) is 4.79 Å². The lowest BCUT2D eigenvalue weighted by atomic mass is 10.1. The largest absolute Gasteiger partial charge is 0.462 e. The van der Waals surface area contributed by atoms with Crippen LogP contribution in [0.15, 0.2) is 30.3 Å². The van der Waals surface area contributed by atoms with Crippen molar-refractivity contribution in [3.8, 4) is 0 Å². The Balaban J connectivity index is 2.10. The normalized spacial score (nSPS) is 12.1. The fourth-order valence-corrected chi connectivity index (χ4v) is 1.74. The van der Waals surface area contributed by atoms with E-state index >= 15 is 0 Å². The first kappa shape index (κ1) is 16.7. The maximum atomic E-state index is 11.7. The summed E-state index contributed by atoms with van der Waals surface area (Å²) in [5.41, 5.74) is 6.99. The molecule has 4 heteroatoms. The fraction of sp³-hybridized carbons (Fsp3) is 0.562. The molecule has 1 aromatic rings. The average molecular weight is 279 g/mol. The fourth-order valence-electron chi connectivity index (χ4n) is 1.74. The molecule has 0 fully saturated rings. The van der Waals surface area contributed by atoms with E-state index in [2.05, 4.69) is 6.92 Å². The van der Waals surface area contributed by atoms with Crippen LogP contribution >= 0.6 is 0 Å². The van der Waals surface area contributed by atoms with E-state index in [-0.39, 0.29) is 12.6 Å². The summed E-state index contributed by atoms with van der Waals surface area (Å²) in [7, 11) is 0. The lowest BCUT2D eigenvalue weighted by Crippen LogP contribution is -2.33. The molecule has 0 aliphatic rings. The number of unbranched alkanes of at least 4 members (excludes halogenated alkanes) is 1. The van der Waals surface area contributed by atoms with Crippen molar-refractivity contribution in [2.75, 3.05) is 19.8 Å². The molecule has 1 aromatic carbocycles. The molecule has 4 nitrogen and oxygen atoms in total. The molecule has 1 unspecified atom stereocenters. The van der Waals surface area contributed by atoms with Crippen molar-refractivity contribution in [3.05, 3.63) is 35.9 Å². The van der Waals surface area contributed by atoms with Gasteiger partial charge in [-0.1, -0.05) is 43.7 Å². The highest BCUT2D eigenvalue weighted by atomic mass is 16.6. The first-order valence-corrected chi connectivity index (χ1v) is 7.28. The van der Waals surface area contributed by atoms with E-state index in [1.165, 1.54) is 5.56 Å². The monoisotopic (exact) mass is 279 g/mol. The third-order valence-corrected chi connectivity index (χ3v) is 3.00. The van der Waals surface area contributed by atoms with Gasteiger partial charge in [-0.15, -0.1) is 0 Å². The third kappa shape index (κ3) is 7.26. The molecular weight excluding hydrogens is 254 g/mol. The molecule has 0 saturated heterocycles. The van der Waals surface area contributed by atoms with Gasteiger partial charge in [0.05, 0.1) is 6.61 Å². The van der Waals surface area contributed by atoms with Gasteiger partial charge in [0.1, 0.15) is 12.6 Å². The highest BCUT2D eigenvalue weighted by molar-refractivity contribution is 5.75. The van der Waals surface area contributed by atoms with Crippen molar-refractivity contribution in [1.29, 1.82) is 0 Å². The lowest BCUT2D eigenvalue weighted by molar-refractivity contribution is -0.146. The van der Waals surface area contributed by atoms with Gasteiger partial charge < -0.3 is 15.2 Å². The Kier molecular flexibility index (Phi) is 8.67. The standard InChI is InChI=1S/C16H25NO3/c1-2-3-11-19-12-13-20-16(18)15(17)10-9-14-7-5-4-6-8-14/h4-8,15H,2-3,9-13,17H2,1H3. The molecule has 112 valence electrons. The van der Waals surface area contributed by atoms with E-state index in [0.29, 0.717) is 19.6 Å². The summed E-state index contributed by atoms with van der Waals surface area (Å²) >= 11 is 0. The zero-order valence-corrected chi connectivity index (χ0v) is 12.2. The quantitative estimate of drug-likeness (QED) is 0.527. The number of hydrogen-bond acceptors (Lipinski definition) is 4. The van der Waals surface area contributed by atoms with Gasteiger partial charge in [-0.2, -0.15) is 0 Å². The summed E-state index contributed by atoms with van der Waals surface area (Å²) in [6.07, 6.45) is 3.51. The zero-order chi connectivity index (χ0) is 14.6. The number of rotatable bonds is 10. The minimum atomic E-state index is -0.564. The first-order valence-electron chi connectivity index (χ1n) is 7.28. The van der Waals surface area contributed by atoms with Gasteiger partial charge in [-0.3, -0.25) is 4.79 Å². The highest BCUT2D eigenvalue weighted by Gasteiger charge is 2.14. The summed E-state index contributed by atoms with van der Waals surface area (Å²) in [6, 6.07) is 9.42. The molecule has 1 atom stereocenters. The molecule has 0 heterocycles. The van der Waals surface area contributed by atoms with E-state index in [1.54, 1.807) is 0 Å². The predicted molar refractivity (Wildman–Crippen MR) is 79.4 cm³/mol. The second kappa shape index (κ2) is 10.4. The Hall–Kier alpha value is -1.39. The van der Waals surface area contributed by atoms with E-state index in [4.69, 9.17) is 15.2 Å². The lowest BCUT2D eigenvalue weighted by Gasteiger charge is -2.11. The molecule has 20 heavy (non-hydrogen) atoms. The van der Waals surface area contributed by atoms with Crippen molar-refractivity contribution in [2.24, 2.45) is 5.73 Å². The molecule has 0 spiro atoms. The van der Waals surface area contributed by atoms with E-state index in [0.717, 1.165) is 19.3 Å². The predicted octanol–water partition coefficient (Wildman–Crippen LogP) is 2.31. The summed E-state index contributed by atoms with van der Waals surface area (Å²) in [5.74, 6) is -0.347. The summed E-state index contributed by atoms with van der Waals surface area (Å²) < 4.78 is 10.4. The summed E-state index contributed by atoms with van der Waals surface area (Å²) in [4.78, 5) is 11.7. The minimum Gasteiger partial charge on any atom is -0.462 e. The van der Waals surface area contributed by atoms with Gasteiger partial charge in [0.15, 0.2) is 0 Å². The maximum Gasteiger partial charge on any atom is 0.323 e. The SMILES string of the molecule is CCCCOCCOC(=O)C(N)CCc1ccccc1. The van der Waals surface area contributed by atoms with E-state index in [1.807, 2.05) is 30.3 Å². The molecule has 1 rings (SSSR count). The van der Waals surface area contributed by atoms with Gasteiger partial charge >= 0.3 is 5.97 Å². The molecule has 0 aromatic heterocycles. The number of carbonyl (C=O) groups is 1.